The molecule has 1 N–H and O–H groups in total. The van der Waals surface area contributed by atoms with Gasteiger partial charge in [0.05, 0.1) is 21.0 Å². The van der Waals surface area contributed by atoms with Crippen LogP contribution in [-0.2, 0) is 0 Å². The molecule has 0 fully saturated rings. The predicted molar refractivity (Wildman–Crippen MR) is 110 cm³/mol. The monoisotopic (exact) mass is 418 g/mol. The van der Waals surface area contributed by atoms with Gasteiger partial charge in [0.2, 0.25) is 0 Å². The summed E-state index contributed by atoms with van der Waals surface area (Å²) in [7, 11) is 0. The van der Waals surface area contributed by atoms with Crippen molar-refractivity contribution in [3.63, 3.8) is 0 Å². The second kappa shape index (κ2) is 7.34. The number of hydrogen-bond acceptors (Lipinski definition) is 6. The molecule has 5 nitrogen and oxygen atoms in total. The van der Waals surface area contributed by atoms with Gasteiger partial charge in [-0.3, -0.25) is 9.20 Å². The van der Waals surface area contributed by atoms with Crippen LogP contribution in [0, 0.1) is 0 Å². The summed E-state index contributed by atoms with van der Waals surface area (Å²) >= 11 is 9.00. The molecule has 0 radical (unpaired) electrons. The van der Waals surface area contributed by atoms with Crippen molar-refractivity contribution in [1.82, 2.24) is 9.38 Å². The Morgan fingerprint density at radius 1 is 1.41 bits per heavy atom. The van der Waals surface area contributed by atoms with E-state index < -0.39 is 0 Å². The lowest BCUT2D eigenvalue weighted by Gasteiger charge is -2.09. The highest BCUT2D eigenvalue weighted by molar-refractivity contribution is 7.15. The minimum absolute atomic E-state index is 0.0915. The minimum Gasteiger partial charge on any atom is -0.503 e. The molecule has 4 rings (SSSR count). The highest BCUT2D eigenvalue weighted by atomic mass is 35.5. The largest absolute Gasteiger partial charge is 0.503 e. The number of ether oxygens (including phenoxy) is 1. The number of benzene rings is 1. The summed E-state index contributed by atoms with van der Waals surface area (Å²) in [5, 5.41) is 12.2. The molecule has 3 aromatic heterocycles. The number of fused-ring (bicyclic) bond motifs is 1. The molecule has 0 atom stereocenters. The highest BCUT2D eigenvalue weighted by Crippen LogP contribution is 2.35. The van der Waals surface area contributed by atoms with Crippen molar-refractivity contribution in [2.24, 2.45) is 0 Å². The quantitative estimate of drug-likeness (QED) is 0.528. The number of aromatic hydroxyl groups is 1. The van der Waals surface area contributed by atoms with Crippen LogP contribution >= 0.6 is 34.3 Å². The number of imidazole rings is 1. The second-order valence-electron chi connectivity index (χ2n) is 5.87. The fourth-order valence-electron chi connectivity index (χ4n) is 2.63. The molecule has 138 valence electrons. The third-order valence-electron chi connectivity index (χ3n) is 3.89. The van der Waals surface area contributed by atoms with Crippen molar-refractivity contribution in [2.45, 2.75) is 13.3 Å². The Hall–Kier alpha value is -2.35. The number of aromatic nitrogens is 2. The molecule has 8 heteroatoms. The second-order valence-corrected chi connectivity index (χ2v) is 8.23. The van der Waals surface area contributed by atoms with E-state index in [1.807, 2.05) is 24.4 Å². The zero-order valence-electron chi connectivity index (χ0n) is 14.3. The van der Waals surface area contributed by atoms with Crippen LogP contribution in [0.2, 0.25) is 5.02 Å². The number of thiophene rings is 1. The van der Waals surface area contributed by atoms with Gasteiger partial charge in [0.15, 0.2) is 16.5 Å². The zero-order valence-corrected chi connectivity index (χ0v) is 16.7. The molecule has 0 aliphatic heterocycles. The highest BCUT2D eigenvalue weighted by Gasteiger charge is 2.12. The van der Waals surface area contributed by atoms with Gasteiger partial charge in [-0.1, -0.05) is 35.9 Å². The Morgan fingerprint density at radius 2 is 2.26 bits per heavy atom. The number of rotatable bonds is 5. The average Bonchev–Trinajstić information content (AvgIpc) is 3.36. The van der Waals surface area contributed by atoms with Crippen LogP contribution in [0.25, 0.3) is 21.6 Å². The molecule has 0 spiro atoms. The van der Waals surface area contributed by atoms with Gasteiger partial charge >= 0.3 is 0 Å². The maximum absolute atomic E-state index is 12.7. The molecule has 0 saturated heterocycles. The first kappa shape index (κ1) is 18.0. The van der Waals surface area contributed by atoms with Crippen molar-refractivity contribution >= 4 is 45.3 Å². The average molecular weight is 419 g/mol. The molecule has 0 bridgehead atoms. The van der Waals surface area contributed by atoms with Gasteiger partial charge in [-0.05, 0) is 41.6 Å². The van der Waals surface area contributed by atoms with Gasteiger partial charge in [-0.25, -0.2) is 4.98 Å². The van der Waals surface area contributed by atoms with Gasteiger partial charge in [0.1, 0.15) is 5.69 Å². The molecule has 27 heavy (non-hydrogen) atoms. The Labute approximate surface area is 167 Å². The van der Waals surface area contributed by atoms with E-state index in [0.717, 1.165) is 17.0 Å². The van der Waals surface area contributed by atoms with E-state index in [0.29, 0.717) is 27.4 Å². The van der Waals surface area contributed by atoms with Crippen molar-refractivity contribution in [3.8, 4) is 22.1 Å². The topological polar surface area (TPSA) is 63.8 Å². The van der Waals surface area contributed by atoms with Gasteiger partial charge in [-0.2, -0.15) is 0 Å². The summed E-state index contributed by atoms with van der Waals surface area (Å²) in [5.74, 6) is 0.218. The van der Waals surface area contributed by atoms with Crippen LogP contribution in [0.15, 0.2) is 40.6 Å². The fourth-order valence-corrected chi connectivity index (χ4v) is 4.48. The van der Waals surface area contributed by atoms with Crippen molar-refractivity contribution in [1.29, 1.82) is 0 Å². The zero-order chi connectivity index (χ0) is 19.0. The molecule has 0 aliphatic rings. The maximum Gasteiger partial charge on any atom is 0.274 e. The van der Waals surface area contributed by atoms with E-state index in [4.69, 9.17) is 16.3 Å². The van der Waals surface area contributed by atoms with Gasteiger partial charge in [-0.15, -0.1) is 11.3 Å². The summed E-state index contributed by atoms with van der Waals surface area (Å²) < 4.78 is 7.63. The van der Waals surface area contributed by atoms with E-state index in [-0.39, 0.29) is 16.3 Å². The van der Waals surface area contributed by atoms with E-state index in [9.17, 15) is 9.90 Å². The third kappa shape index (κ3) is 3.45. The smallest absolute Gasteiger partial charge is 0.274 e. The van der Waals surface area contributed by atoms with E-state index in [2.05, 4.69) is 4.98 Å². The Morgan fingerprint density at radius 3 is 2.96 bits per heavy atom. The Bertz CT molecular complexity index is 1210. The lowest BCUT2D eigenvalue weighted by atomic mass is 10.2. The van der Waals surface area contributed by atoms with E-state index in [1.54, 1.807) is 40.1 Å². The standard InChI is InChI=1S/C19H15ClN2O3S2/c1-2-5-25-14-8-11(7-12(20)17(14)23)9-16-18(24)22-10-13(21-19(22)27-16)15-4-3-6-26-15/h3-4,6-10,23H,2,5H2,1H3. The van der Waals surface area contributed by atoms with Crippen LogP contribution < -0.4 is 14.8 Å². The molecular weight excluding hydrogens is 404 g/mol. The van der Waals surface area contributed by atoms with Gasteiger partial charge in [0.25, 0.3) is 5.56 Å². The number of halogens is 1. The third-order valence-corrected chi connectivity index (χ3v) is 6.05. The van der Waals surface area contributed by atoms with E-state index >= 15 is 0 Å². The summed E-state index contributed by atoms with van der Waals surface area (Å²) in [4.78, 5) is 18.9. The van der Waals surface area contributed by atoms with Crippen molar-refractivity contribution in [2.75, 3.05) is 6.61 Å². The van der Waals surface area contributed by atoms with Crippen LogP contribution in [0.1, 0.15) is 18.9 Å². The van der Waals surface area contributed by atoms with Crippen LogP contribution in [0.5, 0.6) is 11.5 Å². The first-order chi connectivity index (χ1) is 13.1. The lowest BCUT2D eigenvalue weighted by Crippen LogP contribution is -2.22. The molecule has 3 heterocycles. The molecule has 1 aromatic carbocycles. The Kier molecular flexibility index (Phi) is 4.90. The normalized spacial score (nSPS) is 12.1. The maximum atomic E-state index is 12.7. The van der Waals surface area contributed by atoms with Crippen LogP contribution in [-0.4, -0.2) is 21.1 Å². The van der Waals surface area contributed by atoms with E-state index in [1.165, 1.54) is 11.3 Å². The van der Waals surface area contributed by atoms with Crippen molar-refractivity contribution < 1.29 is 9.84 Å². The van der Waals surface area contributed by atoms with Crippen LogP contribution in [0.4, 0.5) is 0 Å². The summed E-state index contributed by atoms with van der Waals surface area (Å²) in [6.07, 6.45) is 4.30. The number of thiazole rings is 1. The lowest BCUT2D eigenvalue weighted by molar-refractivity contribution is 0.299. The molecule has 4 aromatic rings. The summed E-state index contributed by atoms with van der Waals surface area (Å²) in [5.41, 5.74) is 1.34. The molecule has 0 saturated carbocycles. The van der Waals surface area contributed by atoms with Crippen molar-refractivity contribution in [3.05, 3.63) is 61.3 Å². The van der Waals surface area contributed by atoms with Gasteiger partial charge in [0, 0.05) is 6.20 Å². The van der Waals surface area contributed by atoms with Crippen LogP contribution in [0.3, 0.4) is 0 Å². The molecule has 0 unspecified atom stereocenters. The number of hydrogen-bond donors (Lipinski definition) is 1. The summed E-state index contributed by atoms with van der Waals surface area (Å²) in [6.45, 7) is 2.45. The number of nitrogens with zero attached hydrogens (tertiary/aromatic N) is 2. The minimum atomic E-state index is -0.134. The fraction of sp³-hybridized carbons (Fsp3) is 0.158. The number of phenolic OH excluding ortho intramolecular Hbond substituents is 1. The van der Waals surface area contributed by atoms with Gasteiger partial charge < -0.3 is 9.84 Å². The summed E-state index contributed by atoms with van der Waals surface area (Å²) in [6, 6.07) is 7.22. The molecule has 0 aliphatic carbocycles. The predicted octanol–water partition coefficient (Wildman–Crippen LogP) is 4.18. The number of phenols is 1. The first-order valence-electron chi connectivity index (χ1n) is 8.29. The Balaban J connectivity index is 1.77. The first-order valence-corrected chi connectivity index (χ1v) is 10.4. The SMILES string of the molecule is CCCOc1cc(C=c2sc3nc(-c4cccs4)cn3c2=O)cc(Cl)c1O. The molecule has 0 amide bonds. The molecular formula is C19H15ClN2O3S2.